The summed E-state index contributed by atoms with van der Waals surface area (Å²) in [5, 5.41) is 11.3. The third kappa shape index (κ3) is 3.51. The van der Waals surface area contributed by atoms with Crippen LogP contribution in [0.15, 0.2) is 0 Å². The van der Waals surface area contributed by atoms with E-state index in [9.17, 15) is 4.79 Å². The van der Waals surface area contributed by atoms with E-state index in [-0.39, 0.29) is 18.2 Å². The van der Waals surface area contributed by atoms with Crippen LogP contribution in [0.4, 0.5) is 4.79 Å². The summed E-state index contributed by atoms with van der Waals surface area (Å²) in [7, 11) is 0. The number of hydrogen-bond donors (Lipinski definition) is 3. The van der Waals surface area contributed by atoms with Gasteiger partial charge in [-0.1, -0.05) is 0 Å². The number of hydrogen-bond acceptors (Lipinski definition) is 4. The van der Waals surface area contributed by atoms with Crippen LogP contribution in [-0.2, 0) is 4.74 Å². The minimum Gasteiger partial charge on any atom is -0.444 e. The molecule has 1 amide bonds. The summed E-state index contributed by atoms with van der Waals surface area (Å²) in [4.78, 5) is 11.2. The van der Waals surface area contributed by atoms with Crippen molar-refractivity contribution in [1.29, 1.82) is 0 Å². The van der Waals surface area contributed by atoms with Gasteiger partial charge in [0, 0.05) is 12.1 Å². The number of amides is 1. The lowest BCUT2D eigenvalue weighted by Crippen LogP contribution is -2.52. The van der Waals surface area contributed by atoms with Crippen LogP contribution in [-0.4, -0.2) is 29.0 Å². The van der Waals surface area contributed by atoms with Crippen LogP contribution in [0.25, 0.3) is 0 Å². The lowest BCUT2D eigenvalue weighted by molar-refractivity contribution is 0.0367. The van der Waals surface area contributed by atoms with Gasteiger partial charge in [-0.3, -0.25) is 0 Å². The summed E-state index contributed by atoms with van der Waals surface area (Å²) >= 11 is 0. The highest BCUT2D eigenvalue weighted by atomic mass is 16.6. The van der Waals surface area contributed by atoms with Gasteiger partial charge < -0.3 is 15.3 Å². The number of carbonyl (C=O) groups excluding carboxylic acids is 1. The van der Waals surface area contributed by atoms with Crippen molar-refractivity contribution < 1.29 is 14.7 Å². The van der Waals surface area contributed by atoms with Crippen molar-refractivity contribution in [1.82, 2.24) is 10.8 Å². The zero-order valence-electron chi connectivity index (χ0n) is 8.83. The quantitative estimate of drug-likeness (QED) is 0.585. The van der Waals surface area contributed by atoms with Gasteiger partial charge in [-0.25, -0.2) is 10.3 Å². The molecule has 0 bridgehead atoms. The zero-order valence-corrected chi connectivity index (χ0v) is 8.83. The van der Waals surface area contributed by atoms with Crippen molar-refractivity contribution in [2.75, 3.05) is 0 Å². The summed E-state index contributed by atoms with van der Waals surface area (Å²) < 4.78 is 5.08. The molecule has 1 rings (SSSR count). The van der Waals surface area contributed by atoms with E-state index in [1.54, 1.807) is 0 Å². The number of alkyl carbamates (subject to hydrolysis) is 1. The van der Waals surface area contributed by atoms with Gasteiger partial charge in [0.25, 0.3) is 0 Å². The summed E-state index contributed by atoms with van der Waals surface area (Å²) in [5.41, 5.74) is 1.70. The van der Waals surface area contributed by atoms with Gasteiger partial charge in [-0.15, -0.1) is 0 Å². The molecule has 0 atom stereocenters. The van der Waals surface area contributed by atoms with Crippen LogP contribution in [0.5, 0.6) is 0 Å². The molecule has 3 N–H and O–H groups in total. The number of rotatable bonds is 2. The summed E-state index contributed by atoms with van der Waals surface area (Å²) in [6.07, 6.45) is 1.10. The highest BCUT2D eigenvalue weighted by Gasteiger charge is 2.31. The Bertz CT molecular complexity index is 207. The molecule has 5 heteroatoms. The number of nitrogens with one attached hydrogen (secondary N) is 2. The Labute approximate surface area is 83.8 Å². The van der Waals surface area contributed by atoms with Crippen molar-refractivity contribution in [3.05, 3.63) is 0 Å². The maximum atomic E-state index is 11.2. The normalized spacial score (nSPS) is 26.6. The Hall–Kier alpha value is -0.810. The predicted octanol–water partition coefficient (Wildman–Crippen LogP) is 1.02. The fraction of sp³-hybridized carbons (Fsp3) is 0.889. The molecule has 5 nitrogen and oxygen atoms in total. The molecule has 14 heavy (non-hydrogen) atoms. The molecule has 1 saturated carbocycles. The van der Waals surface area contributed by atoms with Gasteiger partial charge in [0.05, 0.1) is 0 Å². The smallest absolute Gasteiger partial charge is 0.407 e. The van der Waals surface area contributed by atoms with Gasteiger partial charge >= 0.3 is 6.09 Å². The van der Waals surface area contributed by atoms with E-state index in [0.717, 1.165) is 12.8 Å². The van der Waals surface area contributed by atoms with Crippen LogP contribution in [0.3, 0.4) is 0 Å². The van der Waals surface area contributed by atoms with E-state index >= 15 is 0 Å². The lowest BCUT2D eigenvalue weighted by atomic mass is 9.88. The second kappa shape index (κ2) is 4.14. The topological polar surface area (TPSA) is 70.6 Å². The van der Waals surface area contributed by atoms with E-state index in [1.807, 2.05) is 20.8 Å². The first-order valence-corrected chi connectivity index (χ1v) is 4.80. The number of carbonyl (C=O) groups is 1. The second-order valence-electron chi connectivity index (χ2n) is 4.64. The average Bonchev–Trinajstić information content (AvgIpc) is 1.91. The molecule has 0 saturated heterocycles. The fourth-order valence-corrected chi connectivity index (χ4v) is 1.32. The third-order valence-electron chi connectivity index (χ3n) is 2.04. The van der Waals surface area contributed by atoms with Gasteiger partial charge in [0.2, 0.25) is 0 Å². The van der Waals surface area contributed by atoms with E-state index in [2.05, 4.69) is 10.8 Å². The SMILES string of the molecule is CC(C)(C)OC(=O)NC1CC(NO)C1. The molecule has 1 aliphatic rings. The Morgan fingerprint density at radius 1 is 1.36 bits per heavy atom. The van der Waals surface area contributed by atoms with E-state index in [4.69, 9.17) is 9.94 Å². The minimum absolute atomic E-state index is 0.106. The molecular formula is C9H18N2O3. The van der Waals surface area contributed by atoms with Crippen LogP contribution in [0.2, 0.25) is 0 Å². The van der Waals surface area contributed by atoms with Crippen LogP contribution in [0, 0.1) is 0 Å². The molecule has 0 aliphatic heterocycles. The highest BCUT2D eigenvalue weighted by molar-refractivity contribution is 5.68. The summed E-state index contributed by atoms with van der Waals surface area (Å²) in [5.74, 6) is 0. The first kappa shape index (κ1) is 11.3. The van der Waals surface area contributed by atoms with Gasteiger partial charge in [-0.2, -0.15) is 0 Å². The molecule has 0 heterocycles. The van der Waals surface area contributed by atoms with Crippen molar-refractivity contribution in [3.63, 3.8) is 0 Å². The summed E-state index contributed by atoms with van der Waals surface area (Å²) in [6.45, 7) is 5.47. The van der Waals surface area contributed by atoms with Crippen molar-refractivity contribution >= 4 is 6.09 Å². The van der Waals surface area contributed by atoms with Crippen LogP contribution in [0.1, 0.15) is 33.6 Å². The van der Waals surface area contributed by atoms with Gasteiger partial charge in [0.1, 0.15) is 5.60 Å². The van der Waals surface area contributed by atoms with E-state index < -0.39 is 5.60 Å². The van der Waals surface area contributed by atoms with E-state index in [1.165, 1.54) is 0 Å². The number of ether oxygens (including phenoxy) is 1. The maximum Gasteiger partial charge on any atom is 0.407 e. The summed E-state index contributed by atoms with van der Waals surface area (Å²) in [6, 6.07) is 0.226. The first-order chi connectivity index (χ1) is 6.40. The molecule has 0 aromatic rings. The van der Waals surface area contributed by atoms with Crippen molar-refractivity contribution in [2.45, 2.75) is 51.3 Å². The van der Waals surface area contributed by atoms with E-state index in [0.29, 0.717) is 0 Å². The third-order valence-corrected chi connectivity index (χ3v) is 2.04. The molecule has 0 radical (unpaired) electrons. The molecule has 0 aromatic carbocycles. The lowest BCUT2D eigenvalue weighted by Gasteiger charge is -2.34. The largest absolute Gasteiger partial charge is 0.444 e. The average molecular weight is 202 g/mol. The highest BCUT2D eigenvalue weighted by Crippen LogP contribution is 2.19. The van der Waals surface area contributed by atoms with Crippen molar-refractivity contribution in [3.8, 4) is 0 Å². The fourth-order valence-electron chi connectivity index (χ4n) is 1.32. The predicted molar refractivity (Wildman–Crippen MR) is 51.1 cm³/mol. The molecule has 1 aliphatic carbocycles. The first-order valence-electron chi connectivity index (χ1n) is 4.80. The molecule has 82 valence electrons. The monoisotopic (exact) mass is 202 g/mol. The Morgan fingerprint density at radius 3 is 2.36 bits per heavy atom. The minimum atomic E-state index is -0.456. The van der Waals surface area contributed by atoms with Gasteiger partial charge in [0.15, 0.2) is 0 Å². The van der Waals surface area contributed by atoms with Crippen LogP contribution < -0.4 is 10.8 Å². The standard InChI is InChI=1S/C9H18N2O3/c1-9(2,3)14-8(12)10-6-4-7(5-6)11-13/h6-7,11,13H,4-5H2,1-3H3,(H,10,12). The number of hydroxylamine groups is 1. The second-order valence-corrected chi connectivity index (χ2v) is 4.64. The molecular weight excluding hydrogens is 184 g/mol. The molecule has 0 spiro atoms. The Balaban J connectivity index is 2.17. The van der Waals surface area contributed by atoms with Gasteiger partial charge in [-0.05, 0) is 33.6 Å². The maximum absolute atomic E-state index is 11.2. The zero-order chi connectivity index (χ0) is 10.8. The molecule has 0 aromatic heterocycles. The molecule has 1 fully saturated rings. The Kier molecular flexibility index (Phi) is 3.34. The molecule has 0 unspecified atom stereocenters. The van der Waals surface area contributed by atoms with Crippen molar-refractivity contribution in [2.24, 2.45) is 0 Å². The van der Waals surface area contributed by atoms with Crippen LogP contribution >= 0.6 is 0 Å². The Morgan fingerprint density at radius 2 is 1.93 bits per heavy atom.